The molecule has 0 amide bonds. The highest BCUT2D eigenvalue weighted by Crippen LogP contribution is 2.56. The zero-order valence-corrected chi connectivity index (χ0v) is 11.5. The number of hydrogen-bond donors (Lipinski definition) is 1. The first-order valence-electron chi connectivity index (χ1n) is 6.42. The van der Waals surface area contributed by atoms with Gasteiger partial charge >= 0.3 is 5.97 Å². The predicted octanol–water partition coefficient (Wildman–Crippen LogP) is 2.06. The van der Waals surface area contributed by atoms with Crippen molar-refractivity contribution < 1.29 is 18.3 Å². The number of rotatable bonds is 3. The molecule has 1 aromatic rings. The Morgan fingerprint density at radius 3 is 2.53 bits per heavy atom. The molecule has 19 heavy (non-hydrogen) atoms. The maximum Gasteiger partial charge on any atom is 0.310 e. The van der Waals surface area contributed by atoms with Crippen molar-refractivity contribution in [3.63, 3.8) is 0 Å². The summed E-state index contributed by atoms with van der Waals surface area (Å²) in [6.45, 7) is 1.70. The predicted molar refractivity (Wildman–Crippen MR) is 69.7 cm³/mol. The molecular weight excluding hydrogens is 264 g/mol. The molecule has 2 unspecified atom stereocenters. The van der Waals surface area contributed by atoms with Gasteiger partial charge in [-0.2, -0.15) is 0 Å². The first kappa shape index (κ1) is 12.7. The third-order valence-corrected chi connectivity index (χ3v) is 6.44. The Hall–Kier alpha value is -1.36. The summed E-state index contributed by atoms with van der Waals surface area (Å²) < 4.78 is 24.4. The standard InChI is InChI=1S/C14H16O4S/c1-14(13(15)16,9-6-7-9)11-8-19(17,18)12-5-3-2-4-10(11)12/h2-5,9,11H,6-8H2,1H3,(H,15,16). The van der Waals surface area contributed by atoms with E-state index in [1.165, 1.54) is 0 Å². The normalized spacial score (nSPS) is 27.5. The van der Waals surface area contributed by atoms with E-state index in [1.54, 1.807) is 31.2 Å². The van der Waals surface area contributed by atoms with Crippen molar-refractivity contribution in [1.82, 2.24) is 0 Å². The van der Waals surface area contributed by atoms with E-state index >= 15 is 0 Å². The minimum Gasteiger partial charge on any atom is -0.481 e. The number of carbonyl (C=O) groups is 1. The monoisotopic (exact) mass is 280 g/mol. The molecule has 102 valence electrons. The van der Waals surface area contributed by atoms with Crippen LogP contribution < -0.4 is 0 Å². The van der Waals surface area contributed by atoms with Gasteiger partial charge in [-0.05, 0) is 37.3 Å². The second kappa shape index (κ2) is 3.82. The van der Waals surface area contributed by atoms with Crippen LogP contribution in [0.2, 0.25) is 0 Å². The molecule has 1 aliphatic carbocycles. The summed E-state index contributed by atoms with van der Waals surface area (Å²) in [6, 6.07) is 6.81. The highest BCUT2D eigenvalue weighted by atomic mass is 32.2. The lowest BCUT2D eigenvalue weighted by Crippen LogP contribution is -2.37. The Morgan fingerprint density at radius 1 is 1.32 bits per heavy atom. The van der Waals surface area contributed by atoms with Gasteiger partial charge < -0.3 is 5.11 Å². The summed E-state index contributed by atoms with van der Waals surface area (Å²) >= 11 is 0. The van der Waals surface area contributed by atoms with E-state index in [1.807, 2.05) is 0 Å². The fraction of sp³-hybridized carbons (Fsp3) is 0.500. The minimum absolute atomic E-state index is 0.0777. The van der Waals surface area contributed by atoms with E-state index in [0.717, 1.165) is 12.8 Å². The average Bonchev–Trinajstić information content (AvgIpc) is 3.16. The lowest BCUT2D eigenvalue weighted by molar-refractivity contribution is -0.150. The van der Waals surface area contributed by atoms with Crippen LogP contribution in [0.1, 0.15) is 31.2 Å². The first-order valence-corrected chi connectivity index (χ1v) is 8.07. The molecule has 0 spiro atoms. The lowest BCUT2D eigenvalue weighted by atomic mass is 9.71. The third kappa shape index (κ3) is 1.71. The second-order valence-electron chi connectivity index (χ2n) is 5.73. The molecule has 1 N–H and O–H groups in total. The van der Waals surface area contributed by atoms with Crippen LogP contribution >= 0.6 is 0 Å². The van der Waals surface area contributed by atoms with E-state index in [0.29, 0.717) is 10.5 Å². The van der Waals surface area contributed by atoms with Gasteiger partial charge in [0, 0.05) is 5.92 Å². The van der Waals surface area contributed by atoms with Crippen molar-refractivity contribution in [1.29, 1.82) is 0 Å². The number of fused-ring (bicyclic) bond motifs is 1. The van der Waals surface area contributed by atoms with Crippen molar-refractivity contribution >= 4 is 15.8 Å². The van der Waals surface area contributed by atoms with E-state index in [4.69, 9.17) is 0 Å². The molecule has 1 fully saturated rings. The van der Waals surface area contributed by atoms with E-state index in [-0.39, 0.29) is 11.7 Å². The molecule has 1 heterocycles. The summed E-state index contributed by atoms with van der Waals surface area (Å²) in [6.07, 6.45) is 1.75. The topological polar surface area (TPSA) is 71.4 Å². The molecule has 1 aromatic carbocycles. The summed E-state index contributed by atoms with van der Waals surface area (Å²) in [5, 5.41) is 9.60. The van der Waals surface area contributed by atoms with Crippen LogP contribution in [0.5, 0.6) is 0 Å². The largest absolute Gasteiger partial charge is 0.481 e. The molecule has 3 rings (SSSR count). The molecule has 0 aromatic heterocycles. The van der Waals surface area contributed by atoms with Crippen LogP contribution in [-0.4, -0.2) is 25.2 Å². The van der Waals surface area contributed by atoms with E-state index < -0.39 is 27.1 Å². The van der Waals surface area contributed by atoms with E-state index in [9.17, 15) is 18.3 Å². The molecule has 4 nitrogen and oxygen atoms in total. The average molecular weight is 280 g/mol. The van der Waals surface area contributed by atoms with E-state index in [2.05, 4.69) is 0 Å². The molecule has 0 radical (unpaired) electrons. The van der Waals surface area contributed by atoms with Gasteiger partial charge in [-0.15, -0.1) is 0 Å². The third-order valence-electron chi connectivity index (χ3n) is 4.63. The van der Waals surface area contributed by atoms with Crippen molar-refractivity contribution in [2.24, 2.45) is 11.3 Å². The Bertz CT molecular complexity index is 645. The number of hydrogen-bond acceptors (Lipinski definition) is 3. The van der Waals surface area contributed by atoms with Crippen molar-refractivity contribution in [2.45, 2.75) is 30.6 Å². The molecular formula is C14H16O4S. The highest BCUT2D eigenvalue weighted by Gasteiger charge is 2.56. The minimum atomic E-state index is -3.34. The van der Waals surface area contributed by atoms with Crippen LogP contribution in [0.15, 0.2) is 29.2 Å². The quantitative estimate of drug-likeness (QED) is 0.920. The van der Waals surface area contributed by atoms with Crippen LogP contribution in [0.25, 0.3) is 0 Å². The molecule has 0 bridgehead atoms. The van der Waals surface area contributed by atoms with Crippen molar-refractivity contribution in [2.75, 3.05) is 5.75 Å². The van der Waals surface area contributed by atoms with Gasteiger partial charge in [0.2, 0.25) is 0 Å². The first-order chi connectivity index (χ1) is 8.87. The number of aliphatic carboxylic acids is 1. The molecule has 1 aliphatic heterocycles. The SMILES string of the molecule is CC(C(=O)O)(C1CC1)C1CS(=O)(=O)c2ccccc21. The zero-order chi connectivity index (χ0) is 13.8. The van der Waals surface area contributed by atoms with Gasteiger partial charge in [-0.3, -0.25) is 4.79 Å². The summed E-state index contributed by atoms with van der Waals surface area (Å²) in [7, 11) is -3.34. The number of sulfone groups is 1. The Labute approximate surface area is 112 Å². The Morgan fingerprint density at radius 2 is 1.95 bits per heavy atom. The van der Waals surface area contributed by atoms with Gasteiger partial charge in [0.05, 0.1) is 16.1 Å². The highest BCUT2D eigenvalue weighted by molar-refractivity contribution is 7.91. The fourth-order valence-electron chi connectivity index (χ4n) is 3.24. The molecule has 5 heteroatoms. The zero-order valence-electron chi connectivity index (χ0n) is 10.7. The van der Waals surface area contributed by atoms with Gasteiger partial charge in [-0.1, -0.05) is 18.2 Å². The van der Waals surface area contributed by atoms with Crippen molar-refractivity contribution in [3.8, 4) is 0 Å². The van der Waals surface area contributed by atoms with Crippen LogP contribution in [0.4, 0.5) is 0 Å². The van der Waals surface area contributed by atoms with Gasteiger partial charge in [-0.25, -0.2) is 8.42 Å². The maximum atomic E-state index is 12.2. The van der Waals surface area contributed by atoms with Gasteiger partial charge in [0.25, 0.3) is 0 Å². The maximum absolute atomic E-state index is 12.2. The van der Waals surface area contributed by atoms with Gasteiger partial charge in [0.1, 0.15) is 0 Å². The Balaban J connectivity index is 2.15. The molecule has 0 saturated heterocycles. The number of benzene rings is 1. The van der Waals surface area contributed by atoms with Crippen LogP contribution in [-0.2, 0) is 14.6 Å². The van der Waals surface area contributed by atoms with Crippen LogP contribution in [0, 0.1) is 11.3 Å². The smallest absolute Gasteiger partial charge is 0.310 e. The number of carboxylic acids is 1. The lowest BCUT2D eigenvalue weighted by Gasteiger charge is -2.31. The Kier molecular flexibility index (Phi) is 2.55. The van der Waals surface area contributed by atoms with Gasteiger partial charge in [0.15, 0.2) is 9.84 Å². The number of carboxylic acid groups (broad SMARTS) is 1. The molecule has 2 aliphatic rings. The summed E-state index contributed by atoms with van der Waals surface area (Å²) in [4.78, 5) is 12.0. The second-order valence-corrected chi connectivity index (χ2v) is 7.74. The summed E-state index contributed by atoms with van der Waals surface area (Å²) in [5.74, 6) is -1.30. The summed E-state index contributed by atoms with van der Waals surface area (Å²) in [5.41, 5.74) is -0.293. The fourth-order valence-corrected chi connectivity index (χ4v) is 5.24. The molecule has 2 atom stereocenters. The molecule has 1 saturated carbocycles. The van der Waals surface area contributed by atoms with Crippen molar-refractivity contribution in [3.05, 3.63) is 29.8 Å². The van der Waals surface area contributed by atoms with Crippen LogP contribution in [0.3, 0.4) is 0 Å².